The molecule has 162 valence electrons. The largest absolute Gasteiger partial charge is 0.481 e. The van der Waals surface area contributed by atoms with Crippen molar-refractivity contribution in [2.75, 3.05) is 6.54 Å². The molecule has 0 saturated heterocycles. The minimum absolute atomic E-state index is 0.0427. The van der Waals surface area contributed by atoms with Crippen molar-refractivity contribution >= 4 is 29.4 Å². The molecule has 1 amide bonds. The molecule has 0 fully saturated rings. The number of aliphatic carboxylic acids is 1. The van der Waals surface area contributed by atoms with Crippen LogP contribution >= 0.6 is 0 Å². The van der Waals surface area contributed by atoms with Crippen LogP contribution in [0, 0.1) is 24.0 Å². The number of carbonyl (C=O) groups excluding carboxylic acids is 1. The predicted molar refractivity (Wildman–Crippen MR) is 115 cm³/mol. The normalized spacial score (nSPS) is 14.9. The monoisotopic (exact) mass is 425 g/mol. The lowest BCUT2D eigenvalue weighted by Crippen LogP contribution is -2.23. The Morgan fingerprint density at radius 3 is 2.61 bits per heavy atom. The van der Waals surface area contributed by atoms with Crippen LogP contribution in [0.5, 0.6) is 0 Å². The van der Waals surface area contributed by atoms with Gasteiger partial charge >= 0.3 is 5.97 Å². The smallest absolute Gasteiger partial charge is 0.303 e. The number of carbonyl (C=O) groups is 2. The molecule has 1 aliphatic heterocycles. The van der Waals surface area contributed by atoms with E-state index < -0.39 is 10.9 Å². The molecular weight excluding hydrogens is 402 g/mol. The second kappa shape index (κ2) is 8.95. The minimum atomic E-state index is -0.870. The Kier molecular flexibility index (Phi) is 6.33. The number of nitro benzene ring substituents is 1. The Morgan fingerprint density at radius 2 is 1.94 bits per heavy atom. The van der Waals surface area contributed by atoms with Crippen molar-refractivity contribution in [1.82, 2.24) is 5.01 Å². The standard InChI is InChI=1S/C22H23N3O6/c1-13-10-18(19(25(29)30)11-14(13)2)20-8-7-16(31-20)12-17-15(3)23-24(22(17)28)9-5-4-6-21(26)27/h7-8,10-12H,4-6,9H2,1-3H3,(H,26,27)/b17-12-. The topological polar surface area (TPSA) is 126 Å². The maximum absolute atomic E-state index is 12.6. The van der Waals surface area contributed by atoms with Gasteiger partial charge in [-0.1, -0.05) is 0 Å². The predicted octanol–water partition coefficient (Wildman–Crippen LogP) is 4.33. The van der Waals surface area contributed by atoms with Crippen LogP contribution in [-0.4, -0.2) is 39.2 Å². The van der Waals surface area contributed by atoms with Crippen LogP contribution < -0.4 is 0 Å². The van der Waals surface area contributed by atoms with E-state index in [1.54, 1.807) is 31.2 Å². The van der Waals surface area contributed by atoms with Crippen molar-refractivity contribution in [1.29, 1.82) is 0 Å². The summed E-state index contributed by atoms with van der Waals surface area (Å²) < 4.78 is 5.80. The molecule has 31 heavy (non-hydrogen) atoms. The maximum atomic E-state index is 12.6. The van der Waals surface area contributed by atoms with Crippen molar-refractivity contribution < 1.29 is 24.0 Å². The lowest BCUT2D eigenvalue weighted by molar-refractivity contribution is -0.384. The van der Waals surface area contributed by atoms with Gasteiger partial charge in [0.1, 0.15) is 11.5 Å². The molecule has 0 aliphatic carbocycles. The summed E-state index contributed by atoms with van der Waals surface area (Å²) in [7, 11) is 0. The van der Waals surface area contributed by atoms with Crippen molar-refractivity contribution in [3.63, 3.8) is 0 Å². The molecular formula is C22H23N3O6. The molecule has 1 aromatic heterocycles. The van der Waals surface area contributed by atoms with Crippen LogP contribution in [0.4, 0.5) is 5.69 Å². The van der Waals surface area contributed by atoms with E-state index in [4.69, 9.17) is 9.52 Å². The summed E-state index contributed by atoms with van der Waals surface area (Å²) in [5, 5.41) is 25.7. The number of hydrogen-bond acceptors (Lipinski definition) is 6. The molecule has 1 N–H and O–H groups in total. The average Bonchev–Trinajstić information content (AvgIpc) is 3.27. The minimum Gasteiger partial charge on any atom is -0.481 e. The molecule has 2 heterocycles. The third kappa shape index (κ3) is 4.88. The number of unbranched alkanes of at least 4 members (excludes halogenated alkanes) is 1. The van der Waals surface area contributed by atoms with E-state index in [-0.39, 0.29) is 18.0 Å². The number of rotatable bonds is 8. The first-order chi connectivity index (χ1) is 14.7. The summed E-state index contributed by atoms with van der Waals surface area (Å²) in [6, 6.07) is 6.52. The quantitative estimate of drug-likeness (QED) is 0.290. The summed E-state index contributed by atoms with van der Waals surface area (Å²) in [4.78, 5) is 34.3. The number of furan rings is 1. The molecule has 0 spiro atoms. The van der Waals surface area contributed by atoms with E-state index in [0.717, 1.165) is 11.1 Å². The van der Waals surface area contributed by atoms with Crippen LogP contribution in [0.2, 0.25) is 0 Å². The number of hydrogen-bond donors (Lipinski definition) is 1. The first-order valence-corrected chi connectivity index (χ1v) is 9.84. The van der Waals surface area contributed by atoms with E-state index in [1.165, 1.54) is 11.1 Å². The molecule has 9 nitrogen and oxygen atoms in total. The number of aryl methyl sites for hydroxylation is 2. The second-order valence-electron chi connectivity index (χ2n) is 7.44. The summed E-state index contributed by atoms with van der Waals surface area (Å²) in [6.45, 7) is 5.72. The van der Waals surface area contributed by atoms with Gasteiger partial charge in [0.25, 0.3) is 11.6 Å². The number of carboxylic acids is 1. The number of hydrazone groups is 1. The van der Waals surface area contributed by atoms with E-state index in [0.29, 0.717) is 47.8 Å². The van der Waals surface area contributed by atoms with E-state index in [2.05, 4.69) is 5.10 Å². The van der Waals surface area contributed by atoms with E-state index in [9.17, 15) is 19.7 Å². The first-order valence-electron chi connectivity index (χ1n) is 9.84. The molecule has 0 saturated carbocycles. The van der Waals surface area contributed by atoms with Gasteiger partial charge in [-0.15, -0.1) is 0 Å². The van der Waals surface area contributed by atoms with Crippen molar-refractivity contribution in [2.24, 2.45) is 5.10 Å². The van der Waals surface area contributed by atoms with Crippen LogP contribution in [0.15, 0.2) is 39.4 Å². The number of carboxylic acid groups (broad SMARTS) is 1. The summed E-state index contributed by atoms with van der Waals surface area (Å²) in [5.74, 6) is -0.436. The Bertz CT molecular complexity index is 1110. The van der Waals surface area contributed by atoms with Crippen LogP contribution in [0.1, 0.15) is 43.1 Å². The Labute approximate surface area is 178 Å². The third-order valence-electron chi connectivity index (χ3n) is 5.12. The van der Waals surface area contributed by atoms with Gasteiger partial charge in [-0.2, -0.15) is 5.10 Å². The van der Waals surface area contributed by atoms with E-state index in [1.807, 2.05) is 13.8 Å². The van der Waals surface area contributed by atoms with Crippen molar-refractivity contribution in [3.8, 4) is 11.3 Å². The summed E-state index contributed by atoms with van der Waals surface area (Å²) >= 11 is 0. The van der Waals surface area contributed by atoms with Crippen molar-refractivity contribution in [3.05, 3.63) is 56.8 Å². The van der Waals surface area contributed by atoms with Crippen LogP contribution in [0.3, 0.4) is 0 Å². The number of nitro groups is 1. The molecule has 3 rings (SSSR count). The van der Waals surface area contributed by atoms with Gasteiger partial charge in [0.05, 0.1) is 21.8 Å². The van der Waals surface area contributed by atoms with Gasteiger partial charge in [0.2, 0.25) is 0 Å². The van der Waals surface area contributed by atoms with Gasteiger partial charge in [0.15, 0.2) is 0 Å². The summed E-state index contributed by atoms with van der Waals surface area (Å²) in [5.41, 5.74) is 2.95. The maximum Gasteiger partial charge on any atom is 0.303 e. The molecule has 9 heteroatoms. The zero-order valence-electron chi connectivity index (χ0n) is 17.5. The Morgan fingerprint density at radius 1 is 1.23 bits per heavy atom. The van der Waals surface area contributed by atoms with Gasteiger partial charge in [-0.25, -0.2) is 5.01 Å². The highest BCUT2D eigenvalue weighted by Crippen LogP contribution is 2.34. The van der Waals surface area contributed by atoms with Gasteiger partial charge in [0, 0.05) is 19.0 Å². The zero-order valence-corrected chi connectivity index (χ0v) is 17.5. The molecule has 0 atom stereocenters. The zero-order chi connectivity index (χ0) is 22.7. The molecule has 0 unspecified atom stereocenters. The van der Waals surface area contributed by atoms with E-state index >= 15 is 0 Å². The van der Waals surface area contributed by atoms with Gasteiger partial charge < -0.3 is 9.52 Å². The number of benzene rings is 1. The molecule has 1 aromatic carbocycles. The number of amides is 1. The summed E-state index contributed by atoms with van der Waals surface area (Å²) in [6.07, 6.45) is 2.61. The van der Waals surface area contributed by atoms with Crippen LogP contribution in [-0.2, 0) is 9.59 Å². The fourth-order valence-corrected chi connectivity index (χ4v) is 3.30. The Balaban J connectivity index is 1.80. The van der Waals surface area contributed by atoms with Gasteiger partial charge in [-0.05, 0) is 69.0 Å². The molecule has 0 bridgehead atoms. The lowest BCUT2D eigenvalue weighted by Gasteiger charge is -2.10. The molecule has 0 radical (unpaired) electrons. The third-order valence-corrected chi connectivity index (χ3v) is 5.12. The first kappa shape index (κ1) is 21.9. The van der Waals surface area contributed by atoms with Crippen LogP contribution in [0.25, 0.3) is 17.4 Å². The Hall–Kier alpha value is -3.75. The SMILES string of the molecule is CC1=NN(CCCCC(=O)O)C(=O)/C1=C\c1ccc(-c2cc(C)c(C)cc2[N+](=O)[O-])o1. The van der Waals surface area contributed by atoms with Crippen molar-refractivity contribution in [2.45, 2.75) is 40.0 Å². The lowest BCUT2D eigenvalue weighted by atomic mass is 10.0. The molecule has 1 aliphatic rings. The highest BCUT2D eigenvalue weighted by atomic mass is 16.6. The number of nitrogens with zero attached hydrogens (tertiary/aromatic N) is 3. The fraction of sp³-hybridized carbons (Fsp3) is 0.318. The molecule has 2 aromatic rings. The highest BCUT2D eigenvalue weighted by molar-refractivity contribution is 6.26. The van der Waals surface area contributed by atoms with Gasteiger partial charge in [-0.3, -0.25) is 19.7 Å². The second-order valence-corrected chi connectivity index (χ2v) is 7.44. The highest BCUT2D eigenvalue weighted by Gasteiger charge is 2.27. The average molecular weight is 425 g/mol. The fourth-order valence-electron chi connectivity index (χ4n) is 3.30.